The lowest BCUT2D eigenvalue weighted by molar-refractivity contribution is 0.140. The minimum Gasteiger partial charge on any atom is -0.393 e. The Morgan fingerprint density at radius 1 is 1.25 bits per heavy atom. The Kier molecular flexibility index (Phi) is 2.44. The van der Waals surface area contributed by atoms with Crippen LogP contribution in [-0.2, 0) is 13.0 Å². The molecule has 1 fully saturated rings. The fraction of sp³-hybridized carbons (Fsp3) is 0.818. The Morgan fingerprint density at radius 2 is 2.12 bits per heavy atom. The molecular weight excluding hydrogens is 204 g/mol. The lowest BCUT2D eigenvalue weighted by Gasteiger charge is -2.21. The maximum Gasteiger partial charge on any atom is 0.137 e. The molecule has 3 heterocycles. The molecule has 2 atom stereocenters. The predicted molar refractivity (Wildman–Crippen MR) is 59.2 cm³/mol. The third kappa shape index (κ3) is 1.64. The van der Waals surface area contributed by atoms with Crippen LogP contribution in [-0.4, -0.2) is 51.0 Å². The molecule has 0 amide bonds. The van der Waals surface area contributed by atoms with E-state index in [0.717, 1.165) is 37.7 Å². The van der Waals surface area contributed by atoms with Crippen LogP contribution in [0.1, 0.15) is 30.4 Å². The molecule has 0 bridgehead atoms. The number of aliphatic hydroxyl groups is 1. The molecule has 5 nitrogen and oxygen atoms in total. The molecule has 16 heavy (non-hydrogen) atoms. The van der Waals surface area contributed by atoms with Crippen molar-refractivity contribution in [2.24, 2.45) is 0 Å². The Balaban J connectivity index is 1.86. The van der Waals surface area contributed by atoms with Crippen LogP contribution in [0.15, 0.2) is 0 Å². The first kappa shape index (κ1) is 10.2. The summed E-state index contributed by atoms with van der Waals surface area (Å²) in [5, 5.41) is 18.1. The standard InChI is InChI=1S/C11H18N4O/c1-14-4-2-8(7-14)11-13-12-10-6-9(16)3-5-15(10)11/h8-9,16H,2-7H2,1H3. The molecular formula is C11H18N4O. The van der Waals surface area contributed by atoms with Gasteiger partial charge in [0.15, 0.2) is 0 Å². The molecule has 0 radical (unpaired) electrons. The van der Waals surface area contributed by atoms with Crippen molar-refractivity contribution in [2.45, 2.75) is 37.8 Å². The minimum atomic E-state index is -0.226. The summed E-state index contributed by atoms with van der Waals surface area (Å²) in [4.78, 5) is 2.34. The summed E-state index contributed by atoms with van der Waals surface area (Å²) in [6.45, 7) is 3.11. The first-order chi connectivity index (χ1) is 7.74. The van der Waals surface area contributed by atoms with E-state index < -0.39 is 0 Å². The molecule has 1 aromatic heterocycles. The van der Waals surface area contributed by atoms with Gasteiger partial charge in [-0.1, -0.05) is 0 Å². The smallest absolute Gasteiger partial charge is 0.137 e. The van der Waals surface area contributed by atoms with Crippen molar-refractivity contribution in [3.63, 3.8) is 0 Å². The van der Waals surface area contributed by atoms with Crippen LogP contribution in [0.3, 0.4) is 0 Å². The van der Waals surface area contributed by atoms with Gasteiger partial charge in [0.25, 0.3) is 0 Å². The van der Waals surface area contributed by atoms with E-state index in [1.807, 2.05) is 0 Å². The van der Waals surface area contributed by atoms with Crippen LogP contribution in [0, 0.1) is 0 Å². The van der Waals surface area contributed by atoms with E-state index in [1.165, 1.54) is 6.42 Å². The molecule has 2 unspecified atom stereocenters. The summed E-state index contributed by atoms with van der Waals surface area (Å²) in [5.41, 5.74) is 0. The van der Waals surface area contributed by atoms with Gasteiger partial charge in [-0.3, -0.25) is 0 Å². The number of hydrogen-bond donors (Lipinski definition) is 1. The van der Waals surface area contributed by atoms with Crippen LogP contribution in [0.5, 0.6) is 0 Å². The third-order valence-corrected chi connectivity index (χ3v) is 3.72. The molecule has 5 heteroatoms. The molecule has 0 saturated carbocycles. The second-order valence-corrected chi connectivity index (χ2v) is 5.02. The SMILES string of the molecule is CN1CCC(c2nnc3n2CCC(O)C3)C1. The van der Waals surface area contributed by atoms with Gasteiger partial charge in [-0.2, -0.15) is 0 Å². The first-order valence-electron chi connectivity index (χ1n) is 6.02. The van der Waals surface area contributed by atoms with Crippen molar-refractivity contribution >= 4 is 0 Å². The lowest BCUT2D eigenvalue weighted by atomic mass is 10.1. The molecule has 0 aromatic carbocycles. The number of nitrogens with zero attached hydrogens (tertiary/aromatic N) is 4. The number of aromatic nitrogens is 3. The van der Waals surface area contributed by atoms with Gasteiger partial charge in [0.1, 0.15) is 11.6 Å². The summed E-state index contributed by atoms with van der Waals surface area (Å²) in [6, 6.07) is 0. The predicted octanol–water partition coefficient (Wildman–Crippen LogP) is 0.00430. The largest absolute Gasteiger partial charge is 0.393 e. The first-order valence-corrected chi connectivity index (χ1v) is 6.02. The van der Waals surface area contributed by atoms with Crippen molar-refractivity contribution in [3.05, 3.63) is 11.6 Å². The minimum absolute atomic E-state index is 0.226. The molecule has 2 aliphatic heterocycles. The van der Waals surface area contributed by atoms with Gasteiger partial charge in [-0.15, -0.1) is 10.2 Å². The molecule has 0 spiro atoms. The van der Waals surface area contributed by atoms with Crippen molar-refractivity contribution in [3.8, 4) is 0 Å². The molecule has 2 aliphatic rings. The van der Waals surface area contributed by atoms with E-state index in [1.54, 1.807) is 0 Å². The van der Waals surface area contributed by atoms with Gasteiger partial charge in [-0.25, -0.2) is 0 Å². The Morgan fingerprint density at radius 3 is 2.88 bits per heavy atom. The number of likely N-dealkylation sites (tertiary alicyclic amines) is 1. The van der Waals surface area contributed by atoms with Gasteiger partial charge < -0.3 is 14.6 Å². The van der Waals surface area contributed by atoms with E-state index in [-0.39, 0.29) is 6.10 Å². The monoisotopic (exact) mass is 222 g/mol. The van der Waals surface area contributed by atoms with Crippen LogP contribution in [0.25, 0.3) is 0 Å². The summed E-state index contributed by atoms with van der Waals surface area (Å²) >= 11 is 0. The Labute approximate surface area is 95.1 Å². The summed E-state index contributed by atoms with van der Waals surface area (Å²) in [6.07, 6.45) is 2.45. The van der Waals surface area contributed by atoms with Crippen LogP contribution < -0.4 is 0 Å². The second kappa shape index (κ2) is 3.82. The summed E-state index contributed by atoms with van der Waals surface area (Å²) in [7, 11) is 2.15. The molecule has 1 aromatic rings. The summed E-state index contributed by atoms with van der Waals surface area (Å²) in [5.74, 6) is 2.62. The second-order valence-electron chi connectivity index (χ2n) is 5.02. The van der Waals surface area contributed by atoms with E-state index >= 15 is 0 Å². The van der Waals surface area contributed by atoms with Crippen molar-refractivity contribution < 1.29 is 5.11 Å². The maximum absolute atomic E-state index is 9.58. The van der Waals surface area contributed by atoms with Gasteiger partial charge in [-0.05, 0) is 26.4 Å². The van der Waals surface area contributed by atoms with Crippen LogP contribution >= 0.6 is 0 Å². The highest BCUT2D eigenvalue weighted by Crippen LogP contribution is 2.27. The normalized spacial score (nSPS) is 30.6. The highest BCUT2D eigenvalue weighted by Gasteiger charge is 2.29. The average Bonchev–Trinajstić information content (AvgIpc) is 2.83. The van der Waals surface area contributed by atoms with Gasteiger partial charge in [0.05, 0.1) is 6.10 Å². The Hall–Kier alpha value is -0.940. The van der Waals surface area contributed by atoms with E-state index in [4.69, 9.17) is 0 Å². The van der Waals surface area contributed by atoms with E-state index in [0.29, 0.717) is 12.3 Å². The quantitative estimate of drug-likeness (QED) is 0.727. The third-order valence-electron chi connectivity index (χ3n) is 3.72. The zero-order valence-electron chi connectivity index (χ0n) is 9.63. The highest BCUT2D eigenvalue weighted by molar-refractivity contribution is 5.07. The van der Waals surface area contributed by atoms with Gasteiger partial charge in [0.2, 0.25) is 0 Å². The molecule has 1 N–H and O–H groups in total. The number of fused-ring (bicyclic) bond motifs is 1. The molecule has 1 saturated heterocycles. The zero-order valence-corrected chi connectivity index (χ0v) is 9.63. The average molecular weight is 222 g/mol. The summed E-state index contributed by atoms with van der Waals surface area (Å²) < 4.78 is 2.22. The molecule has 0 aliphatic carbocycles. The van der Waals surface area contributed by atoms with Crippen molar-refractivity contribution in [2.75, 3.05) is 20.1 Å². The van der Waals surface area contributed by atoms with Crippen molar-refractivity contribution in [1.29, 1.82) is 0 Å². The fourth-order valence-corrected chi connectivity index (χ4v) is 2.78. The lowest BCUT2D eigenvalue weighted by Crippen LogP contribution is -2.25. The van der Waals surface area contributed by atoms with E-state index in [2.05, 4.69) is 26.7 Å². The number of aliphatic hydroxyl groups excluding tert-OH is 1. The van der Waals surface area contributed by atoms with Crippen LogP contribution in [0.2, 0.25) is 0 Å². The Bertz CT molecular complexity index is 389. The number of rotatable bonds is 1. The highest BCUT2D eigenvalue weighted by atomic mass is 16.3. The molecule has 3 rings (SSSR count). The van der Waals surface area contributed by atoms with Crippen LogP contribution in [0.4, 0.5) is 0 Å². The molecule has 88 valence electrons. The van der Waals surface area contributed by atoms with Gasteiger partial charge >= 0.3 is 0 Å². The topological polar surface area (TPSA) is 54.2 Å². The van der Waals surface area contributed by atoms with Gasteiger partial charge in [0, 0.05) is 25.4 Å². The van der Waals surface area contributed by atoms with Crippen molar-refractivity contribution in [1.82, 2.24) is 19.7 Å². The maximum atomic E-state index is 9.58. The van der Waals surface area contributed by atoms with E-state index in [9.17, 15) is 5.11 Å². The number of hydrogen-bond acceptors (Lipinski definition) is 4. The zero-order chi connectivity index (χ0) is 11.1. The number of likely N-dealkylation sites (N-methyl/N-ethyl adjacent to an activating group) is 1. The fourth-order valence-electron chi connectivity index (χ4n) is 2.78.